The Hall–Kier alpha value is -3.60. The SMILES string of the molecule is COc1ccc(NC(=O)c2ccc(NC(=O)c3ccc4c(c3)CCC4)cc2)cc1. The highest BCUT2D eigenvalue weighted by Crippen LogP contribution is 2.23. The summed E-state index contributed by atoms with van der Waals surface area (Å²) in [7, 11) is 1.60. The van der Waals surface area contributed by atoms with Crippen molar-refractivity contribution in [2.24, 2.45) is 0 Å². The van der Waals surface area contributed by atoms with Crippen molar-refractivity contribution in [3.8, 4) is 5.75 Å². The number of ether oxygens (including phenoxy) is 1. The van der Waals surface area contributed by atoms with Crippen LogP contribution in [0.1, 0.15) is 38.3 Å². The number of hydrogen-bond donors (Lipinski definition) is 2. The van der Waals surface area contributed by atoms with Crippen molar-refractivity contribution >= 4 is 23.2 Å². The van der Waals surface area contributed by atoms with Gasteiger partial charge in [-0.05, 0) is 91.1 Å². The molecule has 0 spiro atoms. The molecular formula is C24H22N2O3. The molecule has 0 aliphatic heterocycles. The van der Waals surface area contributed by atoms with Crippen LogP contribution in [0.15, 0.2) is 66.7 Å². The Morgan fingerprint density at radius 3 is 1.93 bits per heavy atom. The zero-order chi connectivity index (χ0) is 20.2. The first kappa shape index (κ1) is 18.7. The number of carbonyl (C=O) groups excluding carboxylic acids is 2. The summed E-state index contributed by atoms with van der Waals surface area (Å²) in [6.07, 6.45) is 3.28. The molecule has 3 aromatic rings. The first-order chi connectivity index (χ1) is 14.1. The molecule has 146 valence electrons. The van der Waals surface area contributed by atoms with Crippen LogP contribution in [0.2, 0.25) is 0 Å². The summed E-state index contributed by atoms with van der Waals surface area (Å²) in [4.78, 5) is 24.9. The lowest BCUT2D eigenvalue weighted by molar-refractivity contribution is 0.102. The standard InChI is InChI=1S/C24H22N2O3/c1-29-22-13-11-21(12-14-22)25-23(27)17-7-9-20(10-8-17)26-24(28)19-6-5-16-3-2-4-18(16)15-19/h5-15H,2-4H2,1H3,(H,25,27)(H,26,28). The second-order valence-corrected chi connectivity index (χ2v) is 7.05. The van der Waals surface area contributed by atoms with Crippen LogP contribution < -0.4 is 15.4 Å². The van der Waals surface area contributed by atoms with Crippen LogP contribution in [0.25, 0.3) is 0 Å². The smallest absolute Gasteiger partial charge is 0.255 e. The minimum atomic E-state index is -0.216. The first-order valence-corrected chi connectivity index (χ1v) is 9.61. The predicted molar refractivity (Wildman–Crippen MR) is 114 cm³/mol. The molecule has 4 rings (SSSR count). The number of benzene rings is 3. The summed E-state index contributed by atoms with van der Waals surface area (Å²) >= 11 is 0. The van der Waals surface area contributed by atoms with E-state index >= 15 is 0 Å². The number of amides is 2. The van der Waals surface area contributed by atoms with Crippen molar-refractivity contribution < 1.29 is 14.3 Å². The zero-order valence-corrected chi connectivity index (χ0v) is 16.2. The van der Waals surface area contributed by atoms with Gasteiger partial charge in [-0.3, -0.25) is 9.59 Å². The molecule has 29 heavy (non-hydrogen) atoms. The highest BCUT2D eigenvalue weighted by atomic mass is 16.5. The van der Waals surface area contributed by atoms with E-state index in [4.69, 9.17) is 4.74 Å². The van der Waals surface area contributed by atoms with Crippen LogP contribution >= 0.6 is 0 Å². The molecule has 2 N–H and O–H groups in total. The van der Waals surface area contributed by atoms with Crippen LogP contribution in [-0.4, -0.2) is 18.9 Å². The van der Waals surface area contributed by atoms with Crippen LogP contribution in [0.5, 0.6) is 5.75 Å². The van der Waals surface area contributed by atoms with E-state index in [1.54, 1.807) is 55.6 Å². The highest BCUT2D eigenvalue weighted by Gasteiger charge is 2.14. The molecule has 5 nitrogen and oxygen atoms in total. The predicted octanol–water partition coefficient (Wildman–Crippen LogP) is 4.69. The fourth-order valence-corrected chi connectivity index (χ4v) is 3.50. The summed E-state index contributed by atoms with van der Waals surface area (Å²) in [5.74, 6) is 0.369. The molecule has 5 heteroatoms. The number of anilines is 2. The molecule has 3 aromatic carbocycles. The lowest BCUT2D eigenvalue weighted by Crippen LogP contribution is -2.14. The van der Waals surface area contributed by atoms with E-state index in [0.717, 1.165) is 25.0 Å². The molecule has 0 heterocycles. The zero-order valence-electron chi connectivity index (χ0n) is 16.2. The van der Waals surface area contributed by atoms with Crippen molar-refractivity contribution in [2.45, 2.75) is 19.3 Å². The van der Waals surface area contributed by atoms with Crippen molar-refractivity contribution in [1.82, 2.24) is 0 Å². The van der Waals surface area contributed by atoms with Gasteiger partial charge in [0, 0.05) is 22.5 Å². The fourth-order valence-electron chi connectivity index (χ4n) is 3.50. The molecule has 0 atom stereocenters. The Balaban J connectivity index is 1.39. The van der Waals surface area contributed by atoms with Gasteiger partial charge in [-0.2, -0.15) is 0 Å². The normalized spacial score (nSPS) is 12.2. The van der Waals surface area contributed by atoms with E-state index in [1.165, 1.54) is 11.1 Å². The van der Waals surface area contributed by atoms with Gasteiger partial charge in [0.1, 0.15) is 5.75 Å². The second kappa shape index (κ2) is 8.19. The largest absolute Gasteiger partial charge is 0.497 e. The van der Waals surface area contributed by atoms with Gasteiger partial charge in [-0.1, -0.05) is 6.07 Å². The van der Waals surface area contributed by atoms with Gasteiger partial charge in [0.25, 0.3) is 11.8 Å². The van der Waals surface area contributed by atoms with E-state index in [-0.39, 0.29) is 11.8 Å². The Kier molecular flexibility index (Phi) is 5.29. The van der Waals surface area contributed by atoms with Crippen LogP contribution in [-0.2, 0) is 12.8 Å². The van der Waals surface area contributed by atoms with Crippen molar-refractivity contribution in [3.63, 3.8) is 0 Å². The molecule has 0 saturated carbocycles. The number of hydrogen-bond acceptors (Lipinski definition) is 3. The molecule has 1 aliphatic rings. The third-order valence-corrected chi connectivity index (χ3v) is 5.11. The van der Waals surface area contributed by atoms with Crippen molar-refractivity contribution in [3.05, 3.63) is 89.0 Å². The van der Waals surface area contributed by atoms with E-state index in [1.807, 2.05) is 18.2 Å². The molecule has 0 unspecified atom stereocenters. The summed E-state index contributed by atoms with van der Waals surface area (Å²) in [6, 6.07) is 19.9. The van der Waals surface area contributed by atoms with Gasteiger partial charge in [0.05, 0.1) is 7.11 Å². The van der Waals surface area contributed by atoms with Gasteiger partial charge < -0.3 is 15.4 Å². The molecule has 0 radical (unpaired) electrons. The van der Waals surface area contributed by atoms with Gasteiger partial charge in [0.2, 0.25) is 0 Å². The molecule has 0 saturated heterocycles. The molecule has 1 aliphatic carbocycles. The number of rotatable bonds is 5. The third-order valence-electron chi connectivity index (χ3n) is 5.11. The maximum atomic E-state index is 12.5. The number of methoxy groups -OCH3 is 1. The molecular weight excluding hydrogens is 364 g/mol. The van der Waals surface area contributed by atoms with Crippen LogP contribution in [0.3, 0.4) is 0 Å². The Labute approximate surface area is 169 Å². The summed E-state index contributed by atoms with van der Waals surface area (Å²) in [6.45, 7) is 0. The number of carbonyl (C=O) groups is 2. The Morgan fingerprint density at radius 2 is 1.28 bits per heavy atom. The van der Waals surface area contributed by atoms with Gasteiger partial charge in [-0.25, -0.2) is 0 Å². The maximum absolute atomic E-state index is 12.5. The average molecular weight is 386 g/mol. The number of nitrogens with one attached hydrogen (secondary N) is 2. The Bertz CT molecular complexity index is 1040. The van der Waals surface area contributed by atoms with Crippen LogP contribution in [0, 0.1) is 0 Å². The summed E-state index contributed by atoms with van der Waals surface area (Å²) < 4.78 is 5.11. The van der Waals surface area contributed by atoms with Crippen LogP contribution in [0.4, 0.5) is 11.4 Å². The lowest BCUT2D eigenvalue weighted by Gasteiger charge is -2.09. The third kappa shape index (κ3) is 4.29. The second-order valence-electron chi connectivity index (χ2n) is 7.05. The van der Waals surface area contributed by atoms with Crippen molar-refractivity contribution in [2.75, 3.05) is 17.7 Å². The lowest BCUT2D eigenvalue weighted by atomic mass is 10.1. The molecule has 0 bridgehead atoms. The summed E-state index contributed by atoms with van der Waals surface area (Å²) in [5.41, 5.74) is 5.11. The minimum absolute atomic E-state index is 0.143. The van der Waals surface area contributed by atoms with E-state index < -0.39 is 0 Å². The number of aryl methyl sites for hydroxylation is 2. The van der Waals surface area contributed by atoms with E-state index in [2.05, 4.69) is 10.6 Å². The topological polar surface area (TPSA) is 67.4 Å². The van der Waals surface area contributed by atoms with Crippen molar-refractivity contribution in [1.29, 1.82) is 0 Å². The fraction of sp³-hybridized carbons (Fsp3) is 0.167. The minimum Gasteiger partial charge on any atom is -0.497 e. The van der Waals surface area contributed by atoms with Gasteiger partial charge in [0.15, 0.2) is 0 Å². The molecule has 0 aromatic heterocycles. The molecule has 2 amide bonds. The first-order valence-electron chi connectivity index (χ1n) is 9.61. The van der Waals surface area contributed by atoms with E-state index in [9.17, 15) is 9.59 Å². The summed E-state index contributed by atoms with van der Waals surface area (Å²) in [5, 5.41) is 5.73. The Morgan fingerprint density at radius 1 is 0.724 bits per heavy atom. The quantitative estimate of drug-likeness (QED) is 0.669. The monoisotopic (exact) mass is 386 g/mol. The maximum Gasteiger partial charge on any atom is 0.255 e. The average Bonchev–Trinajstić information content (AvgIpc) is 3.22. The van der Waals surface area contributed by atoms with E-state index in [0.29, 0.717) is 22.5 Å². The van der Waals surface area contributed by atoms with Gasteiger partial charge >= 0.3 is 0 Å². The number of fused-ring (bicyclic) bond motifs is 1. The van der Waals surface area contributed by atoms with Gasteiger partial charge in [-0.15, -0.1) is 0 Å². The molecule has 0 fully saturated rings. The highest BCUT2D eigenvalue weighted by molar-refractivity contribution is 6.06.